The number of primary amides is 1. The molecule has 5 unspecified atom stereocenters. The summed E-state index contributed by atoms with van der Waals surface area (Å²) < 4.78 is 0. The third-order valence-electron chi connectivity index (χ3n) is 5.57. The van der Waals surface area contributed by atoms with Crippen LogP contribution in [0.5, 0.6) is 0 Å². The second kappa shape index (κ2) is 16.6. The lowest BCUT2D eigenvalue weighted by molar-refractivity contribution is -0.145. The van der Waals surface area contributed by atoms with Crippen LogP contribution in [0.15, 0.2) is 35.3 Å². The van der Waals surface area contributed by atoms with Crippen LogP contribution < -0.4 is 38.9 Å². The molecule has 0 aliphatic carbocycles. The molecular weight excluding hydrogens is 512 g/mol. The van der Waals surface area contributed by atoms with E-state index in [-0.39, 0.29) is 44.6 Å². The van der Waals surface area contributed by atoms with E-state index in [1.807, 2.05) is 6.07 Å². The third-order valence-corrected chi connectivity index (χ3v) is 5.57. The van der Waals surface area contributed by atoms with E-state index in [1.165, 1.54) is 0 Å². The topological polar surface area (TPSA) is 278 Å². The Labute approximate surface area is 225 Å². The van der Waals surface area contributed by atoms with Crippen molar-refractivity contribution in [1.29, 1.82) is 0 Å². The Balaban J connectivity index is 3.06. The predicted molar refractivity (Wildman–Crippen MR) is 142 cm³/mol. The lowest BCUT2D eigenvalue weighted by Gasteiger charge is -2.25. The highest BCUT2D eigenvalue weighted by Gasteiger charge is 2.32. The molecular formula is C24H38N8O7. The molecule has 1 aromatic rings. The Hall–Kier alpha value is -4.24. The van der Waals surface area contributed by atoms with Crippen LogP contribution in [0.4, 0.5) is 0 Å². The van der Waals surface area contributed by atoms with Crippen molar-refractivity contribution in [1.82, 2.24) is 16.0 Å². The number of hydrogen-bond acceptors (Lipinski definition) is 8. The summed E-state index contributed by atoms with van der Waals surface area (Å²) in [5.74, 6) is -4.81. The molecule has 0 aliphatic rings. The van der Waals surface area contributed by atoms with Gasteiger partial charge in [0.25, 0.3) is 0 Å². The normalized spacial score (nSPS) is 14.5. The van der Waals surface area contributed by atoms with Gasteiger partial charge >= 0.3 is 5.97 Å². The maximum Gasteiger partial charge on any atom is 0.328 e. The highest BCUT2D eigenvalue weighted by Crippen LogP contribution is 2.07. The van der Waals surface area contributed by atoms with Gasteiger partial charge in [0.2, 0.25) is 23.6 Å². The first kappa shape index (κ1) is 32.8. The zero-order valence-corrected chi connectivity index (χ0v) is 21.7. The molecule has 0 spiro atoms. The van der Waals surface area contributed by atoms with Crippen LogP contribution in [0.25, 0.3) is 0 Å². The van der Waals surface area contributed by atoms with Crippen LogP contribution in [0.1, 0.15) is 38.2 Å². The number of carboxylic acids is 1. The molecule has 1 rings (SSSR count). The van der Waals surface area contributed by atoms with Crippen LogP contribution in [-0.4, -0.2) is 82.6 Å². The molecule has 0 heterocycles. The number of nitrogens with one attached hydrogen (secondary N) is 3. The Morgan fingerprint density at radius 3 is 2.00 bits per heavy atom. The molecule has 0 aromatic heterocycles. The number of hydrogen-bond donors (Lipinski definition) is 9. The zero-order valence-electron chi connectivity index (χ0n) is 21.7. The number of guanidine groups is 1. The number of aliphatic hydroxyl groups is 1. The maximum absolute atomic E-state index is 13.2. The first-order valence-corrected chi connectivity index (χ1v) is 12.3. The number of aliphatic carboxylic acids is 1. The van der Waals surface area contributed by atoms with Crippen molar-refractivity contribution in [2.24, 2.45) is 27.9 Å². The van der Waals surface area contributed by atoms with Gasteiger partial charge in [-0.05, 0) is 38.2 Å². The number of benzene rings is 1. The number of nitrogens with two attached hydrogens (primary N) is 4. The van der Waals surface area contributed by atoms with E-state index in [4.69, 9.17) is 22.9 Å². The van der Waals surface area contributed by atoms with Gasteiger partial charge in [0, 0.05) is 13.0 Å². The predicted octanol–water partition coefficient (Wildman–Crippen LogP) is -3.20. The number of nitrogens with zero attached hydrogens (tertiary/aromatic N) is 1. The van der Waals surface area contributed by atoms with Gasteiger partial charge in [-0.2, -0.15) is 0 Å². The molecule has 0 aliphatic heterocycles. The maximum atomic E-state index is 13.2. The second-order valence-corrected chi connectivity index (χ2v) is 8.94. The van der Waals surface area contributed by atoms with Gasteiger partial charge in [0.15, 0.2) is 12.0 Å². The lowest BCUT2D eigenvalue weighted by atomic mass is 10.0. The van der Waals surface area contributed by atoms with Crippen molar-refractivity contribution in [2.75, 3.05) is 6.54 Å². The van der Waals surface area contributed by atoms with Crippen molar-refractivity contribution >= 4 is 35.6 Å². The Bertz CT molecular complexity index is 1010. The monoisotopic (exact) mass is 550 g/mol. The summed E-state index contributed by atoms with van der Waals surface area (Å²) in [6.07, 6.45) is -1.50. The van der Waals surface area contributed by atoms with E-state index in [1.54, 1.807) is 24.3 Å². The number of amides is 4. The summed E-state index contributed by atoms with van der Waals surface area (Å²) in [5, 5.41) is 26.0. The van der Waals surface area contributed by atoms with Crippen LogP contribution >= 0.6 is 0 Å². The van der Waals surface area contributed by atoms with Crippen molar-refractivity contribution < 1.29 is 34.2 Å². The van der Waals surface area contributed by atoms with E-state index >= 15 is 0 Å². The third kappa shape index (κ3) is 12.7. The fourth-order valence-electron chi connectivity index (χ4n) is 3.48. The Morgan fingerprint density at radius 2 is 1.46 bits per heavy atom. The minimum Gasteiger partial charge on any atom is -0.480 e. The molecule has 15 heteroatoms. The number of carbonyl (C=O) groups is 5. The summed E-state index contributed by atoms with van der Waals surface area (Å²) in [5.41, 5.74) is 22.7. The summed E-state index contributed by atoms with van der Waals surface area (Å²) >= 11 is 0. The molecule has 216 valence electrons. The molecule has 0 saturated heterocycles. The van der Waals surface area contributed by atoms with E-state index < -0.39 is 59.9 Å². The first-order valence-electron chi connectivity index (χ1n) is 12.3. The average molecular weight is 551 g/mol. The van der Waals surface area contributed by atoms with Crippen molar-refractivity contribution in [3.8, 4) is 0 Å². The van der Waals surface area contributed by atoms with Crippen LogP contribution in [0.3, 0.4) is 0 Å². The van der Waals surface area contributed by atoms with Gasteiger partial charge < -0.3 is 49.1 Å². The Morgan fingerprint density at radius 1 is 0.897 bits per heavy atom. The molecule has 15 nitrogen and oxygen atoms in total. The fraction of sp³-hybridized carbons (Fsp3) is 0.500. The molecule has 1 aromatic carbocycles. The molecule has 4 amide bonds. The largest absolute Gasteiger partial charge is 0.480 e. The smallest absolute Gasteiger partial charge is 0.328 e. The quantitative estimate of drug-likeness (QED) is 0.0531. The second-order valence-electron chi connectivity index (χ2n) is 8.94. The summed E-state index contributed by atoms with van der Waals surface area (Å²) in [4.78, 5) is 65.3. The number of carboxylic acid groups (broad SMARTS) is 1. The molecule has 0 bridgehead atoms. The summed E-state index contributed by atoms with van der Waals surface area (Å²) in [6.45, 7) is 1.31. The lowest BCUT2D eigenvalue weighted by Crippen LogP contribution is -2.58. The van der Waals surface area contributed by atoms with E-state index in [9.17, 15) is 34.2 Å². The molecule has 13 N–H and O–H groups in total. The summed E-state index contributed by atoms with van der Waals surface area (Å²) in [7, 11) is 0. The number of carbonyl (C=O) groups excluding carboxylic acids is 4. The van der Waals surface area contributed by atoms with Gasteiger partial charge in [-0.1, -0.05) is 30.3 Å². The molecule has 5 atom stereocenters. The van der Waals surface area contributed by atoms with E-state index in [0.29, 0.717) is 0 Å². The van der Waals surface area contributed by atoms with E-state index in [2.05, 4.69) is 20.9 Å². The molecule has 0 saturated carbocycles. The highest BCUT2D eigenvalue weighted by atomic mass is 16.4. The first-order chi connectivity index (χ1) is 18.3. The Kier molecular flexibility index (Phi) is 13.9. The number of aliphatic imine (C=N–C) groups is 1. The average Bonchev–Trinajstić information content (AvgIpc) is 2.86. The van der Waals surface area contributed by atoms with Gasteiger partial charge in [0.05, 0.1) is 12.1 Å². The molecule has 39 heavy (non-hydrogen) atoms. The SMILES string of the molecule is CC(O)C(NC(=O)C(CCC(N)=O)NC(=O)C(CCCN=C(N)N)NC(=O)C(N)Cc1ccccc1)C(=O)O. The highest BCUT2D eigenvalue weighted by molar-refractivity contribution is 5.94. The standard InChI is InChI=1S/C24H38N8O7/c1-13(33)19(23(38)39)32-22(37)17(9-10-18(26)34)31-21(36)16(8-5-11-29-24(27)28)30-20(35)15(25)12-14-6-3-2-4-7-14/h2-4,6-7,13,15-17,19,33H,5,8-12,25H2,1H3,(H2,26,34)(H,30,35)(H,31,36)(H,32,37)(H,38,39)(H4,27,28,29). The minimum atomic E-state index is -1.67. The van der Waals surface area contributed by atoms with Crippen molar-refractivity contribution in [3.05, 3.63) is 35.9 Å². The molecule has 0 fully saturated rings. The van der Waals surface area contributed by atoms with E-state index in [0.717, 1.165) is 12.5 Å². The number of rotatable bonds is 17. The summed E-state index contributed by atoms with van der Waals surface area (Å²) in [6, 6.07) is 3.76. The van der Waals surface area contributed by atoms with Crippen LogP contribution in [-0.2, 0) is 30.4 Å². The van der Waals surface area contributed by atoms with Crippen molar-refractivity contribution in [2.45, 2.75) is 69.3 Å². The van der Waals surface area contributed by atoms with Crippen molar-refractivity contribution in [3.63, 3.8) is 0 Å². The van der Waals surface area contributed by atoms with Gasteiger partial charge in [-0.15, -0.1) is 0 Å². The number of aliphatic hydroxyl groups excluding tert-OH is 1. The fourth-order valence-corrected chi connectivity index (χ4v) is 3.48. The zero-order chi connectivity index (χ0) is 29.5. The molecule has 0 radical (unpaired) electrons. The van der Waals surface area contributed by atoms with Gasteiger partial charge in [0.1, 0.15) is 12.1 Å². The van der Waals surface area contributed by atoms with Crippen LogP contribution in [0.2, 0.25) is 0 Å². The van der Waals surface area contributed by atoms with Gasteiger partial charge in [-0.25, -0.2) is 4.79 Å². The van der Waals surface area contributed by atoms with Crippen LogP contribution in [0, 0.1) is 0 Å². The minimum absolute atomic E-state index is 0.0575. The van der Waals surface area contributed by atoms with Gasteiger partial charge in [-0.3, -0.25) is 24.2 Å².